The molecule has 0 saturated carbocycles. The number of hydrogen-bond donors (Lipinski definition) is 1. The molecule has 2 aliphatic heterocycles. The van der Waals surface area contributed by atoms with Gasteiger partial charge in [0.1, 0.15) is 12.4 Å². The summed E-state index contributed by atoms with van der Waals surface area (Å²) in [6.45, 7) is 0.808. The largest absolute Gasteiger partial charge is 0.492 e. The van der Waals surface area contributed by atoms with Gasteiger partial charge in [-0.3, -0.25) is 0 Å². The second-order valence-corrected chi connectivity index (χ2v) is 7.13. The van der Waals surface area contributed by atoms with E-state index in [-0.39, 0.29) is 0 Å². The van der Waals surface area contributed by atoms with Crippen LogP contribution in [0.2, 0.25) is 0 Å². The summed E-state index contributed by atoms with van der Waals surface area (Å²) in [5.74, 6) is 6.15. The van der Waals surface area contributed by atoms with Crippen molar-refractivity contribution in [1.82, 2.24) is 5.32 Å². The van der Waals surface area contributed by atoms with Crippen LogP contribution in [0.1, 0.15) is 5.56 Å². The van der Waals surface area contributed by atoms with E-state index in [2.05, 4.69) is 47.0 Å². The number of benzene rings is 1. The average molecular weight is 281 g/mol. The van der Waals surface area contributed by atoms with Gasteiger partial charge >= 0.3 is 0 Å². The first kappa shape index (κ1) is 12.7. The average Bonchev–Trinajstić information content (AvgIpc) is 2.67. The SMILES string of the molecule is c1ccc2c(c1)CC(NC1CSCCSC1)CO2. The summed E-state index contributed by atoms with van der Waals surface area (Å²) >= 11 is 4.15. The summed E-state index contributed by atoms with van der Waals surface area (Å²) in [7, 11) is 0. The lowest BCUT2D eigenvalue weighted by Crippen LogP contribution is -2.46. The minimum Gasteiger partial charge on any atom is -0.492 e. The molecule has 4 heteroatoms. The van der Waals surface area contributed by atoms with Crippen molar-refractivity contribution in [3.8, 4) is 5.75 Å². The smallest absolute Gasteiger partial charge is 0.122 e. The Morgan fingerprint density at radius 2 is 1.83 bits per heavy atom. The molecule has 0 aliphatic carbocycles. The van der Waals surface area contributed by atoms with Crippen molar-refractivity contribution >= 4 is 23.5 Å². The third-order valence-electron chi connectivity index (χ3n) is 3.36. The van der Waals surface area contributed by atoms with Crippen LogP contribution < -0.4 is 10.1 Å². The van der Waals surface area contributed by atoms with Crippen LogP contribution in [-0.2, 0) is 6.42 Å². The molecule has 1 atom stereocenters. The van der Waals surface area contributed by atoms with Gasteiger partial charge in [0.25, 0.3) is 0 Å². The first-order chi connectivity index (χ1) is 8.92. The minimum atomic E-state index is 0.476. The van der Waals surface area contributed by atoms with Gasteiger partial charge in [0.15, 0.2) is 0 Å². The summed E-state index contributed by atoms with van der Waals surface area (Å²) in [5, 5.41) is 3.77. The van der Waals surface area contributed by atoms with E-state index in [1.54, 1.807) is 0 Å². The Morgan fingerprint density at radius 3 is 2.67 bits per heavy atom. The molecule has 0 aromatic heterocycles. The molecule has 18 heavy (non-hydrogen) atoms. The molecule has 98 valence electrons. The first-order valence-corrected chi connectivity index (χ1v) is 8.85. The number of ether oxygens (including phenoxy) is 1. The fourth-order valence-corrected chi connectivity index (χ4v) is 4.90. The van der Waals surface area contributed by atoms with E-state index in [1.807, 2.05) is 6.07 Å². The van der Waals surface area contributed by atoms with Gasteiger partial charge in [-0.2, -0.15) is 23.5 Å². The van der Waals surface area contributed by atoms with Crippen LogP contribution in [0.4, 0.5) is 0 Å². The third-order valence-corrected chi connectivity index (χ3v) is 5.88. The molecule has 1 aromatic rings. The molecule has 2 heterocycles. The molecule has 0 radical (unpaired) electrons. The van der Waals surface area contributed by atoms with Crippen LogP contribution >= 0.6 is 23.5 Å². The molecule has 0 amide bonds. The fourth-order valence-electron chi connectivity index (χ4n) is 2.48. The Hall–Kier alpha value is -0.320. The maximum absolute atomic E-state index is 5.83. The molecule has 0 spiro atoms. The number of thioether (sulfide) groups is 2. The number of fused-ring (bicyclic) bond motifs is 1. The molecule has 1 fully saturated rings. The Kier molecular flexibility index (Phi) is 4.39. The van der Waals surface area contributed by atoms with Crippen molar-refractivity contribution in [2.45, 2.75) is 18.5 Å². The minimum absolute atomic E-state index is 0.476. The highest BCUT2D eigenvalue weighted by molar-refractivity contribution is 8.03. The molecule has 0 bridgehead atoms. The van der Waals surface area contributed by atoms with Crippen molar-refractivity contribution in [3.05, 3.63) is 29.8 Å². The number of rotatable bonds is 2. The van der Waals surface area contributed by atoms with Crippen LogP contribution in [0, 0.1) is 0 Å². The first-order valence-electron chi connectivity index (χ1n) is 6.54. The second kappa shape index (κ2) is 6.22. The molecule has 1 aromatic carbocycles. The Balaban J connectivity index is 1.58. The van der Waals surface area contributed by atoms with Gasteiger partial charge in [-0.05, 0) is 18.1 Å². The second-order valence-electron chi connectivity index (χ2n) is 4.83. The molecular formula is C14H19NOS2. The van der Waals surface area contributed by atoms with Gasteiger partial charge in [-0.15, -0.1) is 0 Å². The zero-order valence-electron chi connectivity index (χ0n) is 10.4. The standard InChI is InChI=1S/C14H19NOS2/c1-2-4-14-11(3-1)7-12(8-16-14)15-13-9-17-5-6-18-10-13/h1-4,12-13,15H,5-10H2. The normalized spacial score (nSPS) is 25.0. The van der Waals surface area contributed by atoms with E-state index in [0.29, 0.717) is 12.1 Å². The van der Waals surface area contributed by atoms with Gasteiger partial charge in [0, 0.05) is 35.1 Å². The van der Waals surface area contributed by atoms with E-state index in [4.69, 9.17) is 4.74 Å². The topological polar surface area (TPSA) is 21.3 Å². The van der Waals surface area contributed by atoms with Gasteiger partial charge in [-0.1, -0.05) is 18.2 Å². The van der Waals surface area contributed by atoms with Crippen molar-refractivity contribution < 1.29 is 4.74 Å². The lowest BCUT2D eigenvalue weighted by atomic mass is 10.0. The predicted molar refractivity (Wildman–Crippen MR) is 81.0 cm³/mol. The highest BCUT2D eigenvalue weighted by Gasteiger charge is 2.22. The Bertz CT molecular complexity index is 391. The van der Waals surface area contributed by atoms with Crippen LogP contribution in [0.5, 0.6) is 5.75 Å². The Labute approximate surface area is 117 Å². The number of nitrogens with one attached hydrogen (secondary N) is 1. The third kappa shape index (κ3) is 3.16. The van der Waals surface area contributed by atoms with Crippen LogP contribution in [0.25, 0.3) is 0 Å². The summed E-state index contributed by atoms with van der Waals surface area (Å²) < 4.78 is 5.83. The lowest BCUT2D eigenvalue weighted by molar-refractivity contribution is 0.233. The lowest BCUT2D eigenvalue weighted by Gasteiger charge is -2.29. The monoisotopic (exact) mass is 281 g/mol. The van der Waals surface area contributed by atoms with Crippen molar-refractivity contribution in [2.24, 2.45) is 0 Å². The van der Waals surface area contributed by atoms with Gasteiger partial charge in [0.05, 0.1) is 0 Å². The maximum atomic E-state index is 5.83. The molecule has 1 saturated heterocycles. The molecular weight excluding hydrogens is 262 g/mol. The highest BCUT2D eigenvalue weighted by Crippen LogP contribution is 2.25. The van der Waals surface area contributed by atoms with Gasteiger partial charge in [0.2, 0.25) is 0 Å². The van der Waals surface area contributed by atoms with Crippen molar-refractivity contribution in [2.75, 3.05) is 29.6 Å². The van der Waals surface area contributed by atoms with Crippen LogP contribution in [0.15, 0.2) is 24.3 Å². The molecule has 1 N–H and O–H groups in total. The molecule has 2 aliphatic rings. The number of hydrogen-bond acceptors (Lipinski definition) is 4. The van der Waals surface area contributed by atoms with E-state index in [0.717, 1.165) is 18.8 Å². The van der Waals surface area contributed by atoms with Crippen molar-refractivity contribution in [3.63, 3.8) is 0 Å². The zero-order chi connectivity index (χ0) is 12.2. The summed E-state index contributed by atoms with van der Waals surface area (Å²) in [4.78, 5) is 0. The predicted octanol–water partition coefficient (Wildman–Crippen LogP) is 2.43. The van der Waals surface area contributed by atoms with Gasteiger partial charge < -0.3 is 10.1 Å². The number of para-hydroxylation sites is 1. The maximum Gasteiger partial charge on any atom is 0.122 e. The highest BCUT2D eigenvalue weighted by atomic mass is 32.2. The summed E-state index contributed by atoms with van der Waals surface area (Å²) in [5.41, 5.74) is 1.34. The Morgan fingerprint density at radius 1 is 1.06 bits per heavy atom. The van der Waals surface area contributed by atoms with Crippen LogP contribution in [-0.4, -0.2) is 41.7 Å². The van der Waals surface area contributed by atoms with E-state index in [1.165, 1.54) is 28.6 Å². The fraction of sp³-hybridized carbons (Fsp3) is 0.571. The van der Waals surface area contributed by atoms with Crippen LogP contribution in [0.3, 0.4) is 0 Å². The van der Waals surface area contributed by atoms with E-state index in [9.17, 15) is 0 Å². The van der Waals surface area contributed by atoms with E-state index < -0.39 is 0 Å². The summed E-state index contributed by atoms with van der Waals surface area (Å²) in [6, 6.07) is 9.51. The summed E-state index contributed by atoms with van der Waals surface area (Å²) in [6.07, 6.45) is 1.10. The quantitative estimate of drug-likeness (QED) is 0.898. The van der Waals surface area contributed by atoms with E-state index >= 15 is 0 Å². The molecule has 3 rings (SSSR count). The molecule has 2 nitrogen and oxygen atoms in total. The van der Waals surface area contributed by atoms with Crippen molar-refractivity contribution in [1.29, 1.82) is 0 Å². The zero-order valence-corrected chi connectivity index (χ0v) is 12.1. The molecule has 1 unspecified atom stereocenters. The van der Waals surface area contributed by atoms with Gasteiger partial charge in [-0.25, -0.2) is 0 Å².